The summed E-state index contributed by atoms with van der Waals surface area (Å²) < 4.78 is 26.9. The highest BCUT2D eigenvalue weighted by Crippen LogP contribution is 2.22. The van der Waals surface area contributed by atoms with E-state index in [0.29, 0.717) is 19.6 Å². The molecule has 1 saturated heterocycles. The monoisotopic (exact) mass is 379 g/mol. The molecule has 1 aliphatic heterocycles. The van der Waals surface area contributed by atoms with Crippen LogP contribution in [0.2, 0.25) is 0 Å². The number of likely N-dealkylation sites (tertiary alicyclic amines) is 1. The summed E-state index contributed by atoms with van der Waals surface area (Å²) in [5, 5.41) is 2.89. The molecule has 0 spiro atoms. The number of amides is 2. The van der Waals surface area contributed by atoms with E-state index >= 15 is 0 Å². The van der Waals surface area contributed by atoms with Gasteiger partial charge in [-0.05, 0) is 43.4 Å². The van der Waals surface area contributed by atoms with Gasteiger partial charge in [-0.3, -0.25) is 9.59 Å². The standard InChI is InChI=1S/C18H25N3O4S/c1-13(22)21-10-2-3-15(12-21)18(23)19-11-14-4-8-17(9-5-14)26(24,25)20-16-6-7-16/h4-5,8-9,15-16,20H,2-3,6-7,10-12H2,1H3,(H,19,23). The lowest BCUT2D eigenvalue weighted by atomic mass is 9.97. The van der Waals surface area contributed by atoms with Gasteiger partial charge in [-0.1, -0.05) is 12.1 Å². The highest BCUT2D eigenvalue weighted by atomic mass is 32.2. The molecule has 0 radical (unpaired) electrons. The third-order valence-electron chi connectivity index (χ3n) is 4.84. The first-order chi connectivity index (χ1) is 12.3. The molecule has 3 rings (SSSR count). The van der Waals surface area contributed by atoms with Gasteiger partial charge in [-0.15, -0.1) is 0 Å². The van der Waals surface area contributed by atoms with Crippen LogP contribution in [0.1, 0.15) is 38.2 Å². The van der Waals surface area contributed by atoms with Gasteiger partial charge in [0.05, 0.1) is 10.8 Å². The maximum absolute atomic E-state index is 12.3. The van der Waals surface area contributed by atoms with Crippen molar-refractivity contribution in [2.24, 2.45) is 5.92 Å². The fourth-order valence-electron chi connectivity index (χ4n) is 3.09. The van der Waals surface area contributed by atoms with Crippen LogP contribution in [-0.2, 0) is 26.2 Å². The zero-order valence-electron chi connectivity index (χ0n) is 14.9. The maximum Gasteiger partial charge on any atom is 0.240 e. The van der Waals surface area contributed by atoms with Crippen molar-refractivity contribution in [2.75, 3.05) is 13.1 Å². The number of benzene rings is 1. The lowest BCUT2D eigenvalue weighted by molar-refractivity contribution is -0.134. The van der Waals surface area contributed by atoms with Gasteiger partial charge < -0.3 is 10.2 Å². The molecule has 1 aromatic rings. The molecule has 0 aromatic heterocycles. The van der Waals surface area contributed by atoms with Crippen molar-refractivity contribution in [3.63, 3.8) is 0 Å². The number of nitrogens with zero attached hydrogens (tertiary/aromatic N) is 1. The van der Waals surface area contributed by atoms with E-state index in [1.54, 1.807) is 29.2 Å². The zero-order valence-corrected chi connectivity index (χ0v) is 15.7. The SMILES string of the molecule is CC(=O)N1CCCC(C(=O)NCc2ccc(S(=O)(=O)NC3CC3)cc2)C1. The molecule has 142 valence electrons. The summed E-state index contributed by atoms with van der Waals surface area (Å²) in [5.74, 6) is -0.253. The van der Waals surface area contributed by atoms with E-state index in [1.165, 1.54) is 6.92 Å². The van der Waals surface area contributed by atoms with E-state index in [-0.39, 0.29) is 28.7 Å². The van der Waals surface area contributed by atoms with E-state index in [2.05, 4.69) is 10.0 Å². The van der Waals surface area contributed by atoms with Crippen LogP contribution in [0.5, 0.6) is 0 Å². The Labute approximate surface area is 154 Å². The Morgan fingerprint density at radius 1 is 1.15 bits per heavy atom. The highest BCUT2D eigenvalue weighted by molar-refractivity contribution is 7.89. The quantitative estimate of drug-likeness (QED) is 0.771. The molecular weight excluding hydrogens is 354 g/mol. The first kappa shape index (κ1) is 18.8. The molecule has 2 N–H and O–H groups in total. The lowest BCUT2D eigenvalue weighted by Gasteiger charge is -2.31. The van der Waals surface area contributed by atoms with Crippen LogP contribution in [0.15, 0.2) is 29.2 Å². The molecule has 2 fully saturated rings. The molecule has 1 aromatic carbocycles. The van der Waals surface area contributed by atoms with Gasteiger partial charge in [-0.25, -0.2) is 13.1 Å². The predicted octanol–water partition coefficient (Wildman–Crippen LogP) is 1.00. The smallest absolute Gasteiger partial charge is 0.240 e. The van der Waals surface area contributed by atoms with Gasteiger partial charge in [0.2, 0.25) is 21.8 Å². The van der Waals surface area contributed by atoms with Crippen LogP contribution in [-0.4, -0.2) is 44.3 Å². The van der Waals surface area contributed by atoms with Crippen molar-refractivity contribution < 1.29 is 18.0 Å². The molecule has 8 heteroatoms. The summed E-state index contributed by atoms with van der Waals surface area (Å²) in [6.45, 7) is 3.04. The van der Waals surface area contributed by atoms with Crippen LogP contribution in [0, 0.1) is 5.92 Å². The Bertz CT molecular complexity index is 772. The Hall–Kier alpha value is -1.93. The first-order valence-corrected chi connectivity index (χ1v) is 10.5. The molecule has 2 amide bonds. The molecule has 0 bridgehead atoms. The Kier molecular flexibility index (Phi) is 5.62. The van der Waals surface area contributed by atoms with Gasteiger partial charge in [0, 0.05) is 32.6 Å². The molecule has 2 aliphatic rings. The summed E-state index contributed by atoms with van der Waals surface area (Å²) >= 11 is 0. The van der Waals surface area contributed by atoms with Crippen LogP contribution < -0.4 is 10.0 Å². The minimum atomic E-state index is -3.45. The minimum absolute atomic E-state index is 0.000829. The molecule has 1 saturated carbocycles. The predicted molar refractivity (Wildman–Crippen MR) is 96.6 cm³/mol. The van der Waals surface area contributed by atoms with Gasteiger partial charge in [0.15, 0.2) is 0 Å². The minimum Gasteiger partial charge on any atom is -0.352 e. The van der Waals surface area contributed by atoms with Crippen molar-refractivity contribution in [3.8, 4) is 0 Å². The van der Waals surface area contributed by atoms with Gasteiger partial charge >= 0.3 is 0 Å². The number of nitrogens with one attached hydrogen (secondary N) is 2. The zero-order chi connectivity index (χ0) is 18.7. The topological polar surface area (TPSA) is 95.6 Å². The number of piperidine rings is 1. The fourth-order valence-corrected chi connectivity index (χ4v) is 4.39. The van der Waals surface area contributed by atoms with Crippen molar-refractivity contribution in [3.05, 3.63) is 29.8 Å². The van der Waals surface area contributed by atoms with E-state index < -0.39 is 10.0 Å². The number of hydrogen-bond donors (Lipinski definition) is 2. The third-order valence-corrected chi connectivity index (χ3v) is 6.37. The Balaban J connectivity index is 1.53. The molecule has 1 atom stereocenters. The van der Waals surface area contributed by atoms with E-state index in [0.717, 1.165) is 31.2 Å². The second kappa shape index (κ2) is 7.75. The summed E-state index contributed by atoms with van der Waals surface area (Å²) in [5.41, 5.74) is 0.836. The Morgan fingerprint density at radius 2 is 1.85 bits per heavy atom. The van der Waals surface area contributed by atoms with Crippen molar-refractivity contribution in [1.82, 2.24) is 14.9 Å². The summed E-state index contributed by atoms with van der Waals surface area (Å²) in [6.07, 6.45) is 3.40. The van der Waals surface area contributed by atoms with E-state index in [9.17, 15) is 18.0 Å². The molecule has 1 aliphatic carbocycles. The number of carbonyl (C=O) groups excluding carboxylic acids is 2. The summed E-state index contributed by atoms with van der Waals surface area (Å²) in [4.78, 5) is 25.8. The first-order valence-electron chi connectivity index (χ1n) is 8.99. The number of sulfonamides is 1. The second-order valence-corrected chi connectivity index (χ2v) is 8.78. The van der Waals surface area contributed by atoms with Crippen molar-refractivity contribution >= 4 is 21.8 Å². The molecule has 1 heterocycles. The molecule has 26 heavy (non-hydrogen) atoms. The largest absolute Gasteiger partial charge is 0.352 e. The average Bonchev–Trinajstić information content (AvgIpc) is 3.43. The van der Waals surface area contributed by atoms with Gasteiger partial charge in [0.25, 0.3) is 0 Å². The number of carbonyl (C=O) groups is 2. The molecule has 7 nitrogen and oxygen atoms in total. The van der Waals surface area contributed by atoms with Crippen LogP contribution in [0.25, 0.3) is 0 Å². The van der Waals surface area contributed by atoms with Gasteiger partial charge in [0.1, 0.15) is 0 Å². The summed E-state index contributed by atoms with van der Waals surface area (Å²) in [6, 6.07) is 6.62. The molecular formula is C18H25N3O4S. The number of hydrogen-bond acceptors (Lipinski definition) is 4. The van der Waals surface area contributed by atoms with Crippen LogP contribution in [0.3, 0.4) is 0 Å². The normalized spacial score (nSPS) is 20.7. The van der Waals surface area contributed by atoms with Gasteiger partial charge in [-0.2, -0.15) is 0 Å². The van der Waals surface area contributed by atoms with Crippen molar-refractivity contribution in [1.29, 1.82) is 0 Å². The highest BCUT2D eigenvalue weighted by Gasteiger charge is 2.28. The second-order valence-electron chi connectivity index (χ2n) is 7.06. The van der Waals surface area contributed by atoms with Crippen LogP contribution in [0.4, 0.5) is 0 Å². The number of rotatable bonds is 6. The lowest BCUT2D eigenvalue weighted by Crippen LogP contribution is -2.44. The maximum atomic E-state index is 12.3. The Morgan fingerprint density at radius 3 is 2.46 bits per heavy atom. The van der Waals surface area contributed by atoms with E-state index in [4.69, 9.17) is 0 Å². The summed E-state index contributed by atoms with van der Waals surface area (Å²) in [7, 11) is -3.45. The average molecular weight is 379 g/mol. The fraction of sp³-hybridized carbons (Fsp3) is 0.556. The molecule has 1 unspecified atom stereocenters. The van der Waals surface area contributed by atoms with Crippen LogP contribution >= 0.6 is 0 Å². The third kappa shape index (κ3) is 4.82. The van der Waals surface area contributed by atoms with E-state index in [1.807, 2.05) is 0 Å². The van der Waals surface area contributed by atoms with Crippen molar-refractivity contribution in [2.45, 2.75) is 50.1 Å².